The molecule has 7 aromatic rings. The first-order valence-electron chi connectivity index (χ1n) is 11.7. The van der Waals surface area contributed by atoms with E-state index in [9.17, 15) is 4.79 Å². The molecule has 0 saturated carbocycles. The maximum Gasteiger partial charge on any atom is 0.273 e. The van der Waals surface area contributed by atoms with Crippen molar-refractivity contribution < 1.29 is 0 Å². The summed E-state index contributed by atoms with van der Waals surface area (Å²) >= 11 is 0. The van der Waals surface area contributed by atoms with Gasteiger partial charge in [0.2, 0.25) is 5.95 Å². The molecule has 1 N–H and O–H groups in total. The number of aromatic nitrogens is 5. The van der Waals surface area contributed by atoms with E-state index < -0.39 is 0 Å². The predicted octanol–water partition coefficient (Wildman–Crippen LogP) is 6.14. The van der Waals surface area contributed by atoms with Crippen LogP contribution in [0.4, 0.5) is 0 Å². The number of H-pyrrole nitrogens is 1. The minimum Gasteiger partial charge on any atom is -0.320 e. The van der Waals surface area contributed by atoms with Crippen LogP contribution in [0.2, 0.25) is 0 Å². The van der Waals surface area contributed by atoms with Crippen LogP contribution in [-0.2, 0) is 0 Å². The predicted molar refractivity (Wildman–Crippen MR) is 143 cm³/mol. The number of pyridine rings is 1. The first-order valence-corrected chi connectivity index (χ1v) is 11.7. The number of aromatic amines is 1. The Labute approximate surface area is 205 Å². The molecular formula is C30H19N5O. The molecule has 7 rings (SSSR count). The zero-order chi connectivity index (χ0) is 24.1. The van der Waals surface area contributed by atoms with Gasteiger partial charge in [0, 0.05) is 32.8 Å². The molecule has 3 aromatic heterocycles. The van der Waals surface area contributed by atoms with Crippen molar-refractivity contribution in [3.05, 3.63) is 120 Å². The lowest BCUT2D eigenvalue weighted by Gasteiger charge is -2.10. The fourth-order valence-corrected chi connectivity index (χ4v) is 4.82. The van der Waals surface area contributed by atoms with Crippen molar-refractivity contribution in [3.63, 3.8) is 0 Å². The van der Waals surface area contributed by atoms with Crippen LogP contribution in [-0.4, -0.2) is 24.5 Å². The molecule has 0 aliphatic heterocycles. The van der Waals surface area contributed by atoms with Gasteiger partial charge in [-0.15, -0.1) is 0 Å². The van der Waals surface area contributed by atoms with E-state index in [-0.39, 0.29) is 5.56 Å². The number of para-hydroxylation sites is 2. The highest BCUT2D eigenvalue weighted by atomic mass is 16.1. The van der Waals surface area contributed by atoms with Crippen molar-refractivity contribution in [2.24, 2.45) is 0 Å². The normalized spacial score (nSPS) is 11.4. The van der Waals surface area contributed by atoms with E-state index >= 15 is 0 Å². The van der Waals surface area contributed by atoms with Gasteiger partial charge in [-0.05, 0) is 12.1 Å². The number of hydrogen-bond donors (Lipinski definition) is 1. The average Bonchev–Trinajstić information content (AvgIpc) is 3.30. The largest absolute Gasteiger partial charge is 0.320 e. The minimum absolute atomic E-state index is 0.192. The third-order valence-corrected chi connectivity index (χ3v) is 6.42. The number of nitrogens with one attached hydrogen (secondary N) is 1. The SMILES string of the molecule is O=c1[nH]c2ccccc2c2c3ccccc3n(-c3nc(-c4ccccc4)nc(-c4ccccc4)n3)c12. The summed E-state index contributed by atoms with van der Waals surface area (Å²) < 4.78 is 1.86. The summed E-state index contributed by atoms with van der Waals surface area (Å²) in [5, 5.41) is 2.83. The van der Waals surface area contributed by atoms with E-state index in [4.69, 9.17) is 15.0 Å². The van der Waals surface area contributed by atoms with Gasteiger partial charge in [0.15, 0.2) is 11.6 Å². The van der Waals surface area contributed by atoms with Crippen LogP contribution < -0.4 is 5.56 Å². The number of hydrogen-bond acceptors (Lipinski definition) is 4. The molecule has 0 spiro atoms. The van der Waals surface area contributed by atoms with Crippen molar-refractivity contribution in [3.8, 4) is 28.7 Å². The average molecular weight is 466 g/mol. The monoisotopic (exact) mass is 465 g/mol. The second-order valence-corrected chi connectivity index (χ2v) is 8.59. The van der Waals surface area contributed by atoms with Gasteiger partial charge in [0.1, 0.15) is 5.52 Å². The molecule has 170 valence electrons. The summed E-state index contributed by atoms with van der Waals surface area (Å²) in [5.41, 5.74) is 3.72. The fourth-order valence-electron chi connectivity index (χ4n) is 4.82. The Kier molecular flexibility index (Phi) is 4.50. The van der Waals surface area contributed by atoms with Gasteiger partial charge in [0.05, 0.1) is 5.52 Å². The quantitative estimate of drug-likeness (QED) is 0.340. The van der Waals surface area contributed by atoms with Gasteiger partial charge >= 0.3 is 0 Å². The van der Waals surface area contributed by atoms with Gasteiger partial charge in [-0.2, -0.15) is 9.97 Å². The van der Waals surface area contributed by atoms with Gasteiger partial charge in [0.25, 0.3) is 5.56 Å². The van der Waals surface area contributed by atoms with Gasteiger partial charge in [-0.1, -0.05) is 97.1 Å². The fraction of sp³-hybridized carbons (Fsp3) is 0. The van der Waals surface area contributed by atoms with E-state index in [0.717, 1.165) is 38.3 Å². The van der Waals surface area contributed by atoms with Crippen molar-refractivity contribution in [1.82, 2.24) is 24.5 Å². The molecule has 4 aromatic carbocycles. The topological polar surface area (TPSA) is 76.5 Å². The lowest BCUT2D eigenvalue weighted by Crippen LogP contribution is -2.13. The molecule has 0 amide bonds. The Morgan fingerprint density at radius 1 is 0.583 bits per heavy atom. The number of fused-ring (bicyclic) bond motifs is 5. The molecule has 3 heterocycles. The van der Waals surface area contributed by atoms with Crippen LogP contribution in [0.1, 0.15) is 0 Å². The lowest BCUT2D eigenvalue weighted by molar-refractivity contribution is 0.949. The van der Waals surface area contributed by atoms with E-state index in [1.165, 1.54) is 0 Å². The van der Waals surface area contributed by atoms with Crippen LogP contribution in [0.5, 0.6) is 0 Å². The summed E-state index contributed by atoms with van der Waals surface area (Å²) in [5.74, 6) is 1.49. The Morgan fingerprint density at radius 3 is 1.81 bits per heavy atom. The molecule has 6 heteroatoms. The summed E-state index contributed by atoms with van der Waals surface area (Å²) in [4.78, 5) is 31.1. The van der Waals surface area contributed by atoms with Crippen molar-refractivity contribution in [2.45, 2.75) is 0 Å². The second kappa shape index (κ2) is 7.99. The molecule has 0 aliphatic carbocycles. The van der Waals surface area contributed by atoms with Crippen molar-refractivity contribution >= 4 is 32.7 Å². The van der Waals surface area contributed by atoms with E-state index in [2.05, 4.69) is 4.98 Å². The molecule has 0 fully saturated rings. The summed E-state index contributed by atoms with van der Waals surface area (Å²) in [6, 6.07) is 35.5. The molecule has 36 heavy (non-hydrogen) atoms. The zero-order valence-corrected chi connectivity index (χ0v) is 19.1. The maximum atomic E-state index is 13.5. The van der Waals surface area contributed by atoms with E-state index in [1.54, 1.807) is 0 Å². The third-order valence-electron chi connectivity index (χ3n) is 6.42. The van der Waals surface area contributed by atoms with Crippen LogP contribution in [0.25, 0.3) is 61.4 Å². The minimum atomic E-state index is -0.192. The maximum absolute atomic E-state index is 13.5. The third kappa shape index (κ3) is 3.12. The number of nitrogens with zero attached hydrogens (tertiary/aromatic N) is 4. The molecule has 0 radical (unpaired) electrons. The van der Waals surface area contributed by atoms with Crippen molar-refractivity contribution in [1.29, 1.82) is 0 Å². The molecule has 0 saturated heterocycles. The van der Waals surface area contributed by atoms with Gasteiger partial charge < -0.3 is 4.98 Å². The van der Waals surface area contributed by atoms with Crippen LogP contribution >= 0.6 is 0 Å². The Hall–Kier alpha value is -5.10. The van der Waals surface area contributed by atoms with Crippen LogP contribution in [0, 0.1) is 0 Å². The lowest BCUT2D eigenvalue weighted by atomic mass is 10.1. The Bertz CT molecular complexity index is 1900. The van der Waals surface area contributed by atoms with E-state index in [1.807, 2.05) is 114 Å². The Morgan fingerprint density at radius 2 is 1.14 bits per heavy atom. The molecule has 6 nitrogen and oxygen atoms in total. The summed E-state index contributed by atoms with van der Waals surface area (Å²) in [7, 11) is 0. The van der Waals surface area contributed by atoms with Crippen LogP contribution in [0.3, 0.4) is 0 Å². The van der Waals surface area contributed by atoms with Gasteiger partial charge in [-0.3, -0.25) is 9.36 Å². The van der Waals surface area contributed by atoms with E-state index in [0.29, 0.717) is 23.1 Å². The smallest absolute Gasteiger partial charge is 0.273 e. The summed E-state index contributed by atoms with van der Waals surface area (Å²) in [6.45, 7) is 0. The summed E-state index contributed by atoms with van der Waals surface area (Å²) in [6.07, 6.45) is 0. The molecular weight excluding hydrogens is 446 g/mol. The van der Waals surface area contributed by atoms with Crippen LogP contribution in [0.15, 0.2) is 114 Å². The highest BCUT2D eigenvalue weighted by molar-refractivity contribution is 6.20. The first kappa shape index (κ1) is 20.3. The molecule has 0 bridgehead atoms. The highest BCUT2D eigenvalue weighted by Crippen LogP contribution is 2.34. The standard InChI is InChI=1S/C30H19N5O/c36-29-26-25(21-15-7-9-17-23(21)31-29)22-16-8-10-18-24(22)35(26)30-33-27(19-11-3-1-4-12-19)32-28(34-30)20-13-5-2-6-14-20/h1-18H,(H,31,36). The molecule has 0 unspecified atom stereocenters. The molecule has 0 atom stereocenters. The van der Waals surface area contributed by atoms with Crippen molar-refractivity contribution in [2.75, 3.05) is 0 Å². The first-order chi connectivity index (χ1) is 17.8. The highest BCUT2D eigenvalue weighted by Gasteiger charge is 2.21. The second-order valence-electron chi connectivity index (χ2n) is 8.59. The Balaban J connectivity index is 1.63. The molecule has 0 aliphatic rings. The van der Waals surface area contributed by atoms with Gasteiger partial charge in [-0.25, -0.2) is 4.98 Å². The number of benzene rings is 4. The number of rotatable bonds is 3. The zero-order valence-electron chi connectivity index (χ0n) is 19.1.